The lowest BCUT2D eigenvalue weighted by Crippen LogP contribution is -2.32. The van der Waals surface area contributed by atoms with Gasteiger partial charge in [0.2, 0.25) is 0 Å². The van der Waals surface area contributed by atoms with Crippen molar-refractivity contribution in [3.05, 3.63) is 82.8 Å². The van der Waals surface area contributed by atoms with Crippen LogP contribution in [0, 0.1) is 6.92 Å². The van der Waals surface area contributed by atoms with Crippen molar-refractivity contribution in [2.45, 2.75) is 39.4 Å². The molecule has 0 saturated heterocycles. The Labute approximate surface area is 245 Å². The van der Waals surface area contributed by atoms with Crippen LogP contribution < -0.4 is 0 Å². The topological polar surface area (TPSA) is 104 Å². The van der Waals surface area contributed by atoms with E-state index in [1.54, 1.807) is 18.1 Å². The van der Waals surface area contributed by atoms with Crippen molar-refractivity contribution in [2.24, 2.45) is 0 Å². The maximum Gasteiger partial charge on any atom is 0.471 e. The highest BCUT2D eigenvalue weighted by molar-refractivity contribution is 5.96. The lowest BCUT2D eigenvalue weighted by atomic mass is 9.92. The van der Waals surface area contributed by atoms with Crippen LogP contribution in [-0.2, 0) is 25.6 Å². The molecular formula is C31H30F3N7O2. The summed E-state index contributed by atoms with van der Waals surface area (Å²) in [6.07, 6.45) is 0.0755. The van der Waals surface area contributed by atoms with Gasteiger partial charge in [-0.25, -0.2) is 9.97 Å². The molecule has 1 aliphatic rings. The van der Waals surface area contributed by atoms with Crippen molar-refractivity contribution >= 4 is 17.1 Å². The van der Waals surface area contributed by atoms with Gasteiger partial charge in [0.05, 0.1) is 11.9 Å². The summed E-state index contributed by atoms with van der Waals surface area (Å²) in [5, 5.41) is 3.48. The number of fused-ring (bicyclic) bond motifs is 2. The van der Waals surface area contributed by atoms with Gasteiger partial charge in [0.25, 0.3) is 5.91 Å². The van der Waals surface area contributed by atoms with Crippen LogP contribution in [0.25, 0.3) is 33.5 Å². The smallest absolute Gasteiger partial charge is 0.344 e. The molecule has 5 aromatic rings. The van der Waals surface area contributed by atoms with Crippen LogP contribution in [0.15, 0.2) is 53.3 Å². The third-order valence-corrected chi connectivity index (χ3v) is 7.94. The number of nitrogens with zero attached hydrogens (tertiary/aromatic N) is 6. The normalized spacial score (nSPS) is 13.8. The second-order valence-electron chi connectivity index (χ2n) is 10.8. The summed E-state index contributed by atoms with van der Waals surface area (Å²) < 4.78 is 42.8. The van der Waals surface area contributed by atoms with Gasteiger partial charge >= 0.3 is 12.1 Å². The molecule has 0 fully saturated rings. The Hall–Kier alpha value is -4.58. The molecule has 6 rings (SSSR count). The van der Waals surface area contributed by atoms with E-state index in [9.17, 15) is 18.0 Å². The molecule has 1 aliphatic heterocycles. The molecule has 1 amide bonds. The predicted octanol–water partition coefficient (Wildman–Crippen LogP) is 5.69. The summed E-state index contributed by atoms with van der Waals surface area (Å²) in [5.74, 6) is -1.30. The van der Waals surface area contributed by atoms with Crippen molar-refractivity contribution < 1.29 is 22.5 Å². The maximum absolute atomic E-state index is 12.8. The Bertz CT molecular complexity index is 1790. The molecule has 0 aliphatic carbocycles. The fourth-order valence-corrected chi connectivity index (χ4v) is 5.45. The number of aromatic amines is 1. The number of carbonyl (C=O) groups excluding carboxylic acids is 1. The van der Waals surface area contributed by atoms with Crippen LogP contribution in [0.4, 0.5) is 13.2 Å². The van der Waals surface area contributed by atoms with Gasteiger partial charge in [0.1, 0.15) is 5.52 Å². The number of aromatic nitrogens is 5. The van der Waals surface area contributed by atoms with Crippen LogP contribution in [0.2, 0.25) is 0 Å². The van der Waals surface area contributed by atoms with Crippen LogP contribution in [0.1, 0.15) is 45.7 Å². The Balaban J connectivity index is 1.23. The fraction of sp³-hybridized carbons (Fsp3) is 0.323. The number of nitrogens with one attached hydrogen (secondary N) is 1. The summed E-state index contributed by atoms with van der Waals surface area (Å²) >= 11 is 0. The van der Waals surface area contributed by atoms with Crippen LogP contribution in [0.5, 0.6) is 0 Å². The van der Waals surface area contributed by atoms with E-state index in [4.69, 9.17) is 4.98 Å². The van der Waals surface area contributed by atoms with E-state index in [2.05, 4.69) is 48.6 Å². The van der Waals surface area contributed by atoms with Gasteiger partial charge in [-0.3, -0.25) is 9.69 Å². The van der Waals surface area contributed by atoms with Crippen molar-refractivity contribution in [1.29, 1.82) is 0 Å². The first-order chi connectivity index (χ1) is 20.6. The van der Waals surface area contributed by atoms with Crippen LogP contribution in [-0.4, -0.2) is 67.5 Å². The van der Waals surface area contributed by atoms with Crippen LogP contribution >= 0.6 is 0 Å². The lowest BCUT2D eigenvalue weighted by Gasteiger charge is -2.30. The SMILES string of the molecule is CCN(C)C(=O)c1ccc(-c2c[nH]c3ncc(-c4cc(C)c5c(c4)CN(CCc4noc(C(F)(F)F)n4)CC5)nc23)cc1. The number of hydrogen-bond donors (Lipinski definition) is 1. The highest BCUT2D eigenvalue weighted by atomic mass is 19.4. The van der Waals surface area contributed by atoms with Gasteiger partial charge in [-0.1, -0.05) is 17.3 Å². The number of halogens is 3. The third-order valence-electron chi connectivity index (χ3n) is 7.94. The van der Waals surface area contributed by atoms with Gasteiger partial charge < -0.3 is 14.4 Å². The average Bonchev–Trinajstić information content (AvgIpc) is 3.66. The summed E-state index contributed by atoms with van der Waals surface area (Å²) in [6, 6.07) is 11.7. The van der Waals surface area contributed by atoms with Crippen molar-refractivity contribution in [3.63, 3.8) is 0 Å². The summed E-state index contributed by atoms with van der Waals surface area (Å²) in [6.45, 7) is 6.60. The van der Waals surface area contributed by atoms with Gasteiger partial charge in [-0.05, 0) is 66.8 Å². The monoisotopic (exact) mass is 589 g/mol. The quantitative estimate of drug-likeness (QED) is 0.260. The molecule has 0 radical (unpaired) electrons. The highest BCUT2D eigenvalue weighted by Gasteiger charge is 2.38. The fourth-order valence-electron chi connectivity index (χ4n) is 5.45. The van der Waals surface area contributed by atoms with Gasteiger partial charge in [0.15, 0.2) is 11.5 Å². The van der Waals surface area contributed by atoms with E-state index >= 15 is 0 Å². The van der Waals surface area contributed by atoms with Gasteiger partial charge in [-0.15, -0.1) is 0 Å². The molecule has 0 unspecified atom stereocenters. The first kappa shape index (κ1) is 28.5. The van der Waals surface area contributed by atoms with E-state index in [1.165, 1.54) is 5.56 Å². The van der Waals surface area contributed by atoms with Crippen molar-refractivity contribution in [2.75, 3.05) is 26.7 Å². The standard InChI is InChI=1S/C31H30F3N7O2/c1-4-40(3)29(42)20-7-5-19(6-8-20)24-15-35-28-27(24)37-25(16-36-28)21-13-18(2)23-9-11-41(17-22(23)14-21)12-10-26-38-30(43-39-26)31(32,33)34/h5-8,13-16H,4,9-12,17H2,1-3H3,(H,35,36). The number of hydrogen-bond acceptors (Lipinski definition) is 7. The number of aryl methyl sites for hydroxylation is 1. The van der Waals surface area contributed by atoms with E-state index in [0.29, 0.717) is 30.8 Å². The average molecular weight is 590 g/mol. The number of carbonyl (C=O) groups is 1. The lowest BCUT2D eigenvalue weighted by molar-refractivity contribution is -0.159. The molecule has 1 N–H and O–H groups in total. The summed E-state index contributed by atoms with van der Waals surface area (Å²) in [7, 11) is 1.78. The molecule has 9 nitrogen and oxygen atoms in total. The molecule has 12 heteroatoms. The maximum atomic E-state index is 12.8. The predicted molar refractivity (Wildman–Crippen MR) is 154 cm³/mol. The van der Waals surface area contributed by atoms with Crippen LogP contribution in [0.3, 0.4) is 0 Å². The minimum absolute atomic E-state index is 0.0261. The first-order valence-electron chi connectivity index (χ1n) is 14.1. The van der Waals surface area contributed by atoms with Gasteiger partial charge in [-0.2, -0.15) is 18.2 Å². The molecule has 0 spiro atoms. The van der Waals surface area contributed by atoms with E-state index in [-0.39, 0.29) is 18.2 Å². The minimum atomic E-state index is -4.65. The largest absolute Gasteiger partial charge is 0.471 e. The zero-order valence-corrected chi connectivity index (χ0v) is 24.0. The minimum Gasteiger partial charge on any atom is -0.344 e. The molecule has 2 aromatic carbocycles. The second kappa shape index (κ2) is 11.3. The third kappa shape index (κ3) is 5.74. The molecule has 4 heterocycles. The number of rotatable bonds is 7. The van der Waals surface area contributed by atoms with Crippen molar-refractivity contribution in [3.8, 4) is 22.4 Å². The molecule has 3 aromatic heterocycles. The molecule has 0 atom stereocenters. The number of amides is 1. The van der Waals surface area contributed by atoms with Crippen molar-refractivity contribution in [1.82, 2.24) is 34.9 Å². The zero-order valence-electron chi connectivity index (χ0n) is 24.0. The number of benzene rings is 2. The number of H-pyrrole nitrogens is 1. The Morgan fingerprint density at radius 2 is 1.93 bits per heavy atom. The zero-order chi connectivity index (χ0) is 30.3. The highest BCUT2D eigenvalue weighted by Crippen LogP contribution is 2.32. The van der Waals surface area contributed by atoms with E-state index in [1.807, 2.05) is 37.4 Å². The van der Waals surface area contributed by atoms with Gasteiger partial charge in [0, 0.05) is 62.5 Å². The molecule has 0 bridgehead atoms. The molecule has 0 saturated carbocycles. The Morgan fingerprint density at radius 3 is 2.65 bits per heavy atom. The Kier molecular flexibility index (Phi) is 7.47. The van der Waals surface area contributed by atoms with E-state index < -0.39 is 12.1 Å². The molecular weight excluding hydrogens is 559 g/mol. The van der Waals surface area contributed by atoms with E-state index in [0.717, 1.165) is 52.0 Å². The summed E-state index contributed by atoms with van der Waals surface area (Å²) in [5.41, 5.74) is 9.11. The number of alkyl halides is 3. The summed E-state index contributed by atoms with van der Waals surface area (Å²) in [4.78, 5) is 32.7. The molecule has 43 heavy (non-hydrogen) atoms. The first-order valence-corrected chi connectivity index (χ1v) is 14.1. The molecule has 222 valence electrons. The Morgan fingerprint density at radius 1 is 1.14 bits per heavy atom. The second-order valence-corrected chi connectivity index (χ2v) is 10.8.